The van der Waals surface area contributed by atoms with Gasteiger partial charge < -0.3 is 24.8 Å². The fourth-order valence-corrected chi connectivity index (χ4v) is 7.60. The van der Waals surface area contributed by atoms with Gasteiger partial charge in [-0.25, -0.2) is 0 Å². The Morgan fingerprint density at radius 2 is 1.91 bits per heavy atom. The summed E-state index contributed by atoms with van der Waals surface area (Å²) in [5.74, 6) is 0.373. The van der Waals surface area contributed by atoms with E-state index in [2.05, 4.69) is 37.9 Å². The first-order valence-electron chi connectivity index (χ1n) is 16.4. The Morgan fingerprint density at radius 3 is 2.63 bits per heavy atom. The number of carboxylic acids is 1. The average Bonchev–Trinajstić information content (AvgIpc) is 3.62. The molecule has 3 heterocycles. The van der Waals surface area contributed by atoms with Gasteiger partial charge >= 0.3 is 5.97 Å². The van der Waals surface area contributed by atoms with Crippen molar-refractivity contribution in [3.8, 4) is 0 Å². The fraction of sp³-hybridized carbons (Fsp3) is 0.686. The molecule has 236 valence electrons. The second kappa shape index (κ2) is 12.7. The van der Waals surface area contributed by atoms with Crippen LogP contribution in [-0.4, -0.2) is 66.0 Å². The summed E-state index contributed by atoms with van der Waals surface area (Å²) >= 11 is 0. The van der Waals surface area contributed by atoms with Crippen molar-refractivity contribution in [1.82, 2.24) is 10.2 Å². The van der Waals surface area contributed by atoms with Crippen molar-refractivity contribution in [1.29, 1.82) is 0 Å². The Morgan fingerprint density at radius 1 is 1.14 bits per heavy atom. The lowest BCUT2D eigenvalue weighted by Crippen LogP contribution is -2.48. The second-order valence-electron chi connectivity index (χ2n) is 14.1. The van der Waals surface area contributed by atoms with Crippen LogP contribution in [0.15, 0.2) is 52.5 Å². The molecule has 0 aromatic heterocycles. The number of carboxylic acid groups (broad SMARTS) is 1. The number of aliphatic carboxylic acids is 1. The molecule has 8 nitrogen and oxygen atoms in total. The Bertz CT molecular complexity index is 1240. The molecule has 2 N–H and O–H groups in total. The molecule has 0 spiro atoms. The SMILES string of the molecule is CC(C)[C@]1(C(=O)N2CCC3=C2C(C)(C)C(CCCCOC2=CC=C[C@@](C)(C(=O)O)C=C2)=N3)CC[C@@H](NC2CCOCC2)C1. The quantitative estimate of drug-likeness (QED) is 0.278. The molecule has 0 aromatic rings. The van der Waals surface area contributed by atoms with E-state index in [-0.39, 0.29) is 16.7 Å². The van der Waals surface area contributed by atoms with E-state index in [1.807, 2.05) is 6.08 Å². The minimum atomic E-state index is -1.02. The zero-order chi connectivity index (χ0) is 30.8. The van der Waals surface area contributed by atoms with Gasteiger partial charge in [0, 0.05) is 49.4 Å². The molecule has 2 fully saturated rings. The molecule has 1 saturated heterocycles. The van der Waals surface area contributed by atoms with Gasteiger partial charge in [0.25, 0.3) is 0 Å². The van der Waals surface area contributed by atoms with E-state index in [4.69, 9.17) is 14.5 Å². The highest BCUT2D eigenvalue weighted by Crippen LogP contribution is 2.51. The summed E-state index contributed by atoms with van der Waals surface area (Å²) in [7, 11) is 0. The molecule has 3 atom stereocenters. The van der Waals surface area contributed by atoms with Crippen LogP contribution >= 0.6 is 0 Å². The molecule has 0 unspecified atom stereocenters. The van der Waals surface area contributed by atoms with E-state index in [9.17, 15) is 14.7 Å². The van der Waals surface area contributed by atoms with Gasteiger partial charge in [0.05, 0.1) is 23.4 Å². The normalized spacial score (nSPS) is 30.5. The number of unbranched alkanes of at least 4 members (excludes halogenated alkanes) is 1. The Hall–Kier alpha value is -2.71. The standard InChI is InChI=1S/C35H51N3O5/c1-24(2)35(18-11-26(23-35)36-25-14-21-42-22-15-25)31(39)38-19-13-28-30(38)33(3,4)29(37-28)10-6-7-20-43-27-9-8-16-34(5,17-12-27)32(40)41/h8-9,12,16-17,24-26,36H,6-7,10-11,13-15,18-23H2,1-5H3,(H,40,41)/t26-,34-,35+/m1/s1. The third-order valence-corrected chi connectivity index (χ3v) is 10.6. The zero-order valence-electron chi connectivity index (χ0n) is 26.8. The van der Waals surface area contributed by atoms with Crippen molar-refractivity contribution in [2.75, 3.05) is 26.4 Å². The number of hydrogen-bond donors (Lipinski definition) is 2. The topological polar surface area (TPSA) is 100 Å². The average molecular weight is 594 g/mol. The van der Waals surface area contributed by atoms with Crippen molar-refractivity contribution in [2.24, 2.45) is 27.2 Å². The van der Waals surface area contributed by atoms with E-state index >= 15 is 0 Å². The highest BCUT2D eigenvalue weighted by Gasteiger charge is 2.53. The van der Waals surface area contributed by atoms with Crippen molar-refractivity contribution in [3.05, 3.63) is 47.5 Å². The molecule has 0 aromatic carbocycles. The largest absolute Gasteiger partial charge is 0.494 e. The van der Waals surface area contributed by atoms with Crippen LogP contribution in [0.3, 0.4) is 0 Å². The number of aliphatic imine (C=N–C) groups is 1. The molecule has 43 heavy (non-hydrogen) atoms. The van der Waals surface area contributed by atoms with Crippen LogP contribution in [0.25, 0.3) is 0 Å². The van der Waals surface area contributed by atoms with Gasteiger partial charge in [0.1, 0.15) is 11.2 Å². The first-order chi connectivity index (χ1) is 20.5. The van der Waals surface area contributed by atoms with Gasteiger partial charge in [-0.3, -0.25) is 14.6 Å². The highest BCUT2D eigenvalue weighted by molar-refractivity contribution is 5.98. The van der Waals surface area contributed by atoms with Crippen LogP contribution in [0.2, 0.25) is 0 Å². The molecule has 1 amide bonds. The first-order valence-corrected chi connectivity index (χ1v) is 16.4. The molecule has 0 bridgehead atoms. The number of hydrogen-bond acceptors (Lipinski definition) is 6. The number of nitrogens with one attached hydrogen (secondary N) is 1. The van der Waals surface area contributed by atoms with E-state index in [0.717, 1.165) is 94.7 Å². The summed E-state index contributed by atoms with van der Waals surface area (Å²) in [5, 5.41) is 13.3. The van der Waals surface area contributed by atoms with Crippen LogP contribution in [-0.2, 0) is 19.1 Å². The lowest BCUT2D eigenvalue weighted by atomic mass is 9.73. The third kappa shape index (κ3) is 6.41. The molecule has 1 saturated carbocycles. The van der Waals surface area contributed by atoms with Gasteiger partial charge in [-0.1, -0.05) is 32.1 Å². The molecule has 2 aliphatic carbocycles. The minimum Gasteiger partial charge on any atom is -0.494 e. The number of carbonyl (C=O) groups is 2. The van der Waals surface area contributed by atoms with Gasteiger partial charge in [-0.15, -0.1) is 0 Å². The molecule has 3 aliphatic heterocycles. The lowest BCUT2D eigenvalue weighted by molar-refractivity contribution is -0.143. The maximum absolute atomic E-state index is 14.5. The third-order valence-electron chi connectivity index (χ3n) is 10.6. The Labute approximate surface area is 257 Å². The summed E-state index contributed by atoms with van der Waals surface area (Å²) < 4.78 is 11.5. The summed E-state index contributed by atoms with van der Waals surface area (Å²) in [5.41, 5.74) is 1.77. The number of ether oxygens (including phenoxy) is 2. The zero-order valence-corrected chi connectivity index (χ0v) is 26.8. The molecule has 8 heteroatoms. The highest BCUT2D eigenvalue weighted by atomic mass is 16.5. The van der Waals surface area contributed by atoms with Crippen molar-refractivity contribution < 1.29 is 24.2 Å². The number of allylic oxidation sites excluding steroid dienone is 4. The van der Waals surface area contributed by atoms with Crippen molar-refractivity contribution in [3.63, 3.8) is 0 Å². The number of rotatable bonds is 11. The van der Waals surface area contributed by atoms with Crippen molar-refractivity contribution in [2.45, 2.75) is 104 Å². The van der Waals surface area contributed by atoms with Gasteiger partial charge in [-0.2, -0.15) is 0 Å². The number of amides is 1. The van der Waals surface area contributed by atoms with Gasteiger partial charge in [0.15, 0.2) is 0 Å². The first kappa shape index (κ1) is 31.7. The fourth-order valence-electron chi connectivity index (χ4n) is 7.60. The maximum atomic E-state index is 14.5. The van der Waals surface area contributed by atoms with Crippen molar-refractivity contribution >= 4 is 17.6 Å². The summed E-state index contributed by atoms with van der Waals surface area (Å²) in [6, 6.07) is 0.885. The Balaban J connectivity index is 1.15. The molecule has 5 rings (SSSR count). The second-order valence-corrected chi connectivity index (χ2v) is 14.1. The maximum Gasteiger partial charge on any atom is 0.317 e. The minimum absolute atomic E-state index is 0.266. The van der Waals surface area contributed by atoms with Crippen LogP contribution in [0.5, 0.6) is 0 Å². The summed E-state index contributed by atoms with van der Waals surface area (Å²) in [4.78, 5) is 33.2. The molecule has 5 aliphatic rings. The van der Waals surface area contributed by atoms with Crippen LogP contribution in [0.4, 0.5) is 0 Å². The predicted octanol–water partition coefficient (Wildman–Crippen LogP) is 6.16. The van der Waals surface area contributed by atoms with E-state index in [1.54, 1.807) is 31.2 Å². The van der Waals surface area contributed by atoms with Gasteiger partial charge in [-0.05, 0) is 90.2 Å². The monoisotopic (exact) mass is 593 g/mol. The smallest absolute Gasteiger partial charge is 0.317 e. The number of nitrogens with zero attached hydrogens (tertiary/aromatic N) is 2. The van der Waals surface area contributed by atoms with E-state index in [1.165, 1.54) is 0 Å². The molecule has 0 radical (unpaired) electrons. The summed E-state index contributed by atoms with van der Waals surface area (Å²) in [6.45, 7) is 13.5. The van der Waals surface area contributed by atoms with Crippen LogP contribution in [0, 0.1) is 22.2 Å². The van der Waals surface area contributed by atoms with Crippen LogP contribution in [0.1, 0.15) is 92.4 Å². The Kier molecular flexibility index (Phi) is 9.38. The molecular weight excluding hydrogens is 542 g/mol. The predicted molar refractivity (Wildman–Crippen MR) is 168 cm³/mol. The van der Waals surface area contributed by atoms with Crippen LogP contribution < -0.4 is 5.32 Å². The van der Waals surface area contributed by atoms with E-state index < -0.39 is 11.4 Å². The number of carbonyl (C=O) groups excluding carboxylic acids is 1. The molecular formula is C35H51N3O5. The van der Waals surface area contributed by atoms with Gasteiger partial charge in [0.2, 0.25) is 5.91 Å². The van der Waals surface area contributed by atoms with E-state index in [0.29, 0.717) is 30.4 Å². The lowest BCUT2D eigenvalue weighted by Gasteiger charge is -2.40. The summed E-state index contributed by atoms with van der Waals surface area (Å²) in [6.07, 6.45) is 17.1.